The first-order valence-electron chi connectivity index (χ1n) is 8.12. The third kappa shape index (κ3) is 5.44. The molecule has 1 aromatic carbocycles. The van der Waals surface area contributed by atoms with Crippen molar-refractivity contribution in [3.8, 4) is 5.75 Å². The first-order chi connectivity index (χ1) is 12.0. The van der Waals surface area contributed by atoms with Crippen LogP contribution < -0.4 is 4.74 Å². The van der Waals surface area contributed by atoms with Crippen LogP contribution >= 0.6 is 11.8 Å². The number of aryl methyl sites for hydroxylation is 1. The number of ketones is 1. The number of allylic oxidation sites excluding steroid dienone is 1. The maximum atomic E-state index is 11.6. The molecule has 0 saturated heterocycles. The lowest BCUT2D eigenvalue weighted by atomic mass is 10.1. The molecule has 134 valence electrons. The highest BCUT2D eigenvalue weighted by atomic mass is 32.2. The Labute approximate surface area is 151 Å². The molecule has 0 radical (unpaired) electrons. The standard InChI is InChI=1S/C18H23N3O3S/c1-4-10-21-13(3)19-20-18(21)25-12-15(22)11-24-16-8-6-14(7-9-16)17(23)5-2/h4,6-9,15,22H,1,5,10-12H2,2-3H3. The van der Waals surface area contributed by atoms with Crippen LogP contribution in [0.5, 0.6) is 5.75 Å². The second-order valence-corrected chi connectivity index (χ2v) is 6.49. The zero-order valence-corrected chi connectivity index (χ0v) is 15.3. The normalized spacial score (nSPS) is 12.0. The number of aromatic nitrogens is 3. The predicted molar refractivity (Wildman–Crippen MR) is 98.2 cm³/mol. The lowest BCUT2D eigenvalue weighted by Gasteiger charge is -2.12. The Balaban J connectivity index is 1.82. The van der Waals surface area contributed by atoms with Gasteiger partial charge in [-0.25, -0.2) is 0 Å². The van der Waals surface area contributed by atoms with Crippen LogP contribution in [0.15, 0.2) is 42.1 Å². The number of ether oxygens (including phenoxy) is 1. The van der Waals surface area contributed by atoms with E-state index >= 15 is 0 Å². The molecule has 25 heavy (non-hydrogen) atoms. The highest BCUT2D eigenvalue weighted by Crippen LogP contribution is 2.19. The Kier molecular flexibility index (Phi) is 7.21. The summed E-state index contributed by atoms with van der Waals surface area (Å²) in [5, 5.41) is 19.0. The first-order valence-corrected chi connectivity index (χ1v) is 9.11. The van der Waals surface area contributed by atoms with Gasteiger partial charge in [-0.1, -0.05) is 24.8 Å². The van der Waals surface area contributed by atoms with Gasteiger partial charge in [-0.15, -0.1) is 16.8 Å². The molecule has 6 nitrogen and oxygen atoms in total. The van der Waals surface area contributed by atoms with Crippen molar-refractivity contribution in [3.63, 3.8) is 0 Å². The number of rotatable bonds is 10. The molecule has 1 heterocycles. The molecule has 1 N–H and O–H groups in total. The molecule has 7 heteroatoms. The quantitative estimate of drug-likeness (QED) is 0.398. The minimum absolute atomic E-state index is 0.0990. The Morgan fingerprint density at radius 2 is 2.12 bits per heavy atom. The molecule has 1 atom stereocenters. The van der Waals surface area contributed by atoms with Gasteiger partial charge in [-0.2, -0.15) is 0 Å². The number of nitrogens with zero attached hydrogens (tertiary/aromatic N) is 3. The minimum Gasteiger partial charge on any atom is -0.491 e. The van der Waals surface area contributed by atoms with E-state index in [1.165, 1.54) is 11.8 Å². The zero-order valence-electron chi connectivity index (χ0n) is 14.5. The minimum atomic E-state index is -0.642. The fourth-order valence-electron chi connectivity index (χ4n) is 2.16. The summed E-state index contributed by atoms with van der Waals surface area (Å²) in [7, 11) is 0. The SMILES string of the molecule is C=CCn1c(C)nnc1SCC(O)COc1ccc(C(=O)CC)cc1. The molecule has 0 aliphatic heterocycles. The largest absolute Gasteiger partial charge is 0.491 e. The second kappa shape index (κ2) is 9.39. The number of hydrogen-bond donors (Lipinski definition) is 1. The van der Waals surface area contributed by atoms with Crippen LogP contribution in [0.3, 0.4) is 0 Å². The van der Waals surface area contributed by atoms with Crippen LogP contribution in [0.2, 0.25) is 0 Å². The maximum absolute atomic E-state index is 11.6. The van der Waals surface area contributed by atoms with E-state index in [0.717, 1.165) is 11.0 Å². The average Bonchev–Trinajstić information content (AvgIpc) is 2.98. The number of aliphatic hydroxyl groups excluding tert-OH is 1. The van der Waals surface area contributed by atoms with Gasteiger partial charge in [0.2, 0.25) is 0 Å². The number of carbonyl (C=O) groups excluding carboxylic acids is 1. The van der Waals surface area contributed by atoms with E-state index in [4.69, 9.17) is 4.74 Å². The predicted octanol–water partition coefficient (Wildman–Crippen LogP) is 2.90. The van der Waals surface area contributed by atoms with E-state index < -0.39 is 6.10 Å². The molecule has 0 spiro atoms. The van der Waals surface area contributed by atoms with Crippen LogP contribution in [0, 0.1) is 6.92 Å². The summed E-state index contributed by atoms with van der Waals surface area (Å²) in [5.41, 5.74) is 0.669. The van der Waals surface area contributed by atoms with Crippen molar-refractivity contribution in [1.29, 1.82) is 0 Å². The van der Waals surface area contributed by atoms with Crippen LogP contribution in [0.4, 0.5) is 0 Å². The van der Waals surface area contributed by atoms with Crippen molar-refractivity contribution in [2.75, 3.05) is 12.4 Å². The van der Waals surface area contributed by atoms with Gasteiger partial charge in [0, 0.05) is 24.3 Å². The van der Waals surface area contributed by atoms with E-state index in [2.05, 4.69) is 16.8 Å². The molecule has 0 amide bonds. The van der Waals surface area contributed by atoms with Crippen molar-refractivity contribution < 1.29 is 14.6 Å². The topological polar surface area (TPSA) is 77.2 Å². The third-order valence-electron chi connectivity index (χ3n) is 3.56. The molecule has 2 aromatic rings. The van der Waals surface area contributed by atoms with E-state index in [0.29, 0.717) is 30.0 Å². The molecule has 1 aromatic heterocycles. The summed E-state index contributed by atoms with van der Waals surface area (Å²) in [4.78, 5) is 11.6. The van der Waals surface area contributed by atoms with Crippen molar-refractivity contribution in [1.82, 2.24) is 14.8 Å². The Bertz CT molecular complexity index is 713. The van der Waals surface area contributed by atoms with Gasteiger partial charge in [0.05, 0.1) is 6.10 Å². The highest BCUT2D eigenvalue weighted by Gasteiger charge is 2.12. The number of carbonyl (C=O) groups is 1. The summed E-state index contributed by atoms with van der Waals surface area (Å²) in [6.45, 7) is 8.24. The lowest BCUT2D eigenvalue weighted by molar-refractivity contribution is 0.0987. The van der Waals surface area contributed by atoms with Gasteiger partial charge in [0.15, 0.2) is 10.9 Å². The molecule has 0 saturated carbocycles. The van der Waals surface area contributed by atoms with Crippen molar-refractivity contribution in [3.05, 3.63) is 48.3 Å². The summed E-state index contributed by atoms with van der Waals surface area (Å²) in [6, 6.07) is 6.96. The fourth-order valence-corrected chi connectivity index (χ4v) is 3.06. The number of thioether (sulfide) groups is 1. The maximum Gasteiger partial charge on any atom is 0.191 e. The number of Topliss-reactive ketones (excluding diaryl/α,β-unsaturated/α-hetero) is 1. The van der Waals surface area contributed by atoms with Crippen LogP contribution in [-0.4, -0.2) is 44.1 Å². The van der Waals surface area contributed by atoms with Gasteiger partial charge in [-0.05, 0) is 31.2 Å². The number of benzene rings is 1. The van der Waals surface area contributed by atoms with Crippen LogP contribution in [-0.2, 0) is 6.54 Å². The molecule has 0 fully saturated rings. The summed E-state index contributed by atoms with van der Waals surface area (Å²) in [5.74, 6) is 1.99. The molecule has 0 aliphatic rings. The summed E-state index contributed by atoms with van der Waals surface area (Å²) >= 11 is 1.43. The zero-order chi connectivity index (χ0) is 18.2. The van der Waals surface area contributed by atoms with Gasteiger partial charge < -0.3 is 14.4 Å². The van der Waals surface area contributed by atoms with Crippen molar-refractivity contribution >= 4 is 17.5 Å². The Morgan fingerprint density at radius 1 is 1.40 bits per heavy atom. The third-order valence-corrected chi connectivity index (χ3v) is 4.67. The van der Waals surface area contributed by atoms with Gasteiger partial charge in [0.1, 0.15) is 18.2 Å². The summed E-state index contributed by atoms with van der Waals surface area (Å²) in [6.07, 6.45) is 1.62. The molecule has 1 unspecified atom stereocenters. The average molecular weight is 361 g/mol. The van der Waals surface area contributed by atoms with E-state index in [1.807, 2.05) is 18.4 Å². The lowest BCUT2D eigenvalue weighted by Crippen LogP contribution is -2.20. The fraction of sp³-hybridized carbons (Fsp3) is 0.389. The smallest absolute Gasteiger partial charge is 0.191 e. The van der Waals surface area contributed by atoms with Crippen LogP contribution in [0.25, 0.3) is 0 Å². The Hall–Kier alpha value is -2.12. The molecular formula is C18H23N3O3S. The molecule has 0 bridgehead atoms. The second-order valence-electron chi connectivity index (χ2n) is 5.51. The monoisotopic (exact) mass is 361 g/mol. The van der Waals surface area contributed by atoms with Crippen LogP contribution in [0.1, 0.15) is 29.5 Å². The Morgan fingerprint density at radius 3 is 2.76 bits per heavy atom. The highest BCUT2D eigenvalue weighted by molar-refractivity contribution is 7.99. The number of hydrogen-bond acceptors (Lipinski definition) is 6. The number of aliphatic hydroxyl groups is 1. The first kappa shape index (κ1) is 19.2. The van der Waals surface area contributed by atoms with Crippen molar-refractivity contribution in [2.24, 2.45) is 0 Å². The molecular weight excluding hydrogens is 338 g/mol. The van der Waals surface area contributed by atoms with Crippen molar-refractivity contribution in [2.45, 2.75) is 38.1 Å². The summed E-state index contributed by atoms with van der Waals surface area (Å²) < 4.78 is 7.51. The van der Waals surface area contributed by atoms with Gasteiger partial charge >= 0.3 is 0 Å². The van der Waals surface area contributed by atoms with Gasteiger partial charge in [-0.3, -0.25) is 4.79 Å². The molecule has 2 rings (SSSR count). The van der Waals surface area contributed by atoms with E-state index in [9.17, 15) is 9.90 Å². The molecule has 0 aliphatic carbocycles. The van der Waals surface area contributed by atoms with E-state index in [1.54, 1.807) is 30.3 Å². The van der Waals surface area contributed by atoms with E-state index in [-0.39, 0.29) is 12.4 Å². The van der Waals surface area contributed by atoms with Gasteiger partial charge in [0.25, 0.3) is 0 Å².